The van der Waals surface area contributed by atoms with Crippen molar-refractivity contribution in [2.24, 2.45) is 0 Å². The number of rotatable bonds is 3. The van der Waals surface area contributed by atoms with Crippen molar-refractivity contribution < 1.29 is 0 Å². The molecule has 0 bridgehead atoms. The summed E-state index contributed by atoms with van der Waals surface area (Å²) < 4.78 is 0.879. The molecule has 0 saturated carbocycles. The van der Waals surface area contributed by atoms with Gasteiger partial charge in [0.1, 0.15) is 9.61 Å². The van der Waals surface area contributed by atoms with E-state index in [1.54, 1.807) is 22.7 Å². The Labute approximate surface area is 149 Å². The number of H-pyrrole nitrogens is 1. The van der Waals surface area contributed by atoms with Crippen molar-refractivity contribution >= 4 is 38.6 Å². The highest BCUT2D eigenvalue weighted by Crippen LogP contribution is 2.24. The predicted molar refractivity (Wildman–Crippen MR) is 95.8 cm³/mol. The summed E-state index contributed by atoms with van der Waals surface area (Å²) in [5, 5.41) is 5.05. The van der Waals surface area contributed by atoms with Gasteiger partial charge < -0.3 is 4.98 Å². The molecule has 0 spiro atoms. The van der Waals surface area contributed by atoms with Crippen molar-refractivity contribution in [3.8, 4) is 10.7 Å². The molecule has 8 heteroatoms. The van der Waals surface area contributed by atoms with Crippen LogP contribution < -0.4 is 5.56 Å². The molecule has 0 amide bonds. The summed E-state index contributed by atoms with van der Waals surface area (Å²) in [5.41, 5.74) is 1.70. The van der Waals surface area contributed by atoms with Crippen molar-refractivity contribution in [1.29, 1.82) is 0 Å². The van der Waals surface area contributed by atoms with Crippen LogP contribution in [0.1, 0.15) is 16.3 Å². The monoisotopic (exact) mass is 408 g/mol. The van der Waals surface area contributed by atoms with Crippen molar-refractivity contribution in [2.75, 3.05) is 6.54 Å². The van der Waals surface area contributed by atoms with Crippen LogP contribution in [-0.2, 0) is 19.5 Å². The average molecular weight is 409 g/mol. The Hall–Kier alpha value is -1.35. The van der Waals surface area contributed by atoms with E-state index in [0.717, 1.165) is 45.3 Å². The first-order valence-electron chi connectivity index (χ1n) is 7.17. The number of hydrogen-bond donors (Lipinski definition) is 1. The number of nitrogens with one attached hydrogen (secondary N) is 1. The van der Waals surface area contributed by atoms with E-state index in [1.807, 2.05) is 22.9 Å². The summed E-state index contributed by atoms with van der Waals surface area (Å²) in [7, 11) is 0. The van der Waals surface area contributed by atoms with E-state index in [-0.39, 0.29) is 5.56 Å². The number of aromatic nitrogens is 3. The molecule has 0 atom stereocenters. The van der Waals surface area contributed by atoms with Crippen molar-refractivity contribution in [3.05, 3.63) is 54.1 Å². The minimum atomic E-state index is -0.00459. The lowest BCUT2D eigenvalue weighted by atomic mass is 10.1. The van der Waals surface area contributed by atoms with E-state index in [2.05, 4.69) is 30.8 Å². The number of aromatic amines is 1. The molecule has 3 aromatic heterocycles. The lowest BCUT2D eigenvalue weighted by Crippen LogP contribution is -2.35. The minimum Gasteiger partial charge on any atom is -0.306 e. The van der Waals surface area contributed by atoms with Crippen molar-refractivity contribution in [1.82, 2.24) is 19.9 Å². The fourth-order valence-corrected chi connectivity index (χ4v) is 4.69. The van der Waals surface area contributed by atoms with Crippen LogP contribution in [0.2, 0.25) is 0 Å². The molecule has 118 valence electrons. The van der Waals surface area contributed by atoms with Gasteiger partial charge in [0.15, 0.2) is 5.82 Å². The van der Waals surface area contributed by atoms with Crippen molar-refractivity contribution in [3.63, 3.8) is 0 Å². The zero-order valence-corrected chi connectivity index (χ0v) is 15.3. The average Bonchev–Trinajstić information content (AvgIpc) is 3.19. The first kappa shape index (κ1) is 15.2. The fraction of sp³-hybridized carbons (Fsp3) is 0.267. The third-order valence-corrected chi connectivity index (χ3v) is 6.21. The second-order valence-electron chi connectivity index (χ2n) is 5.34. The number of hydrogen-bond acceptors (Lipinski definition) is 6. The van der Waals surface area contributed by atoms with Gasteiger partial charge >= 0.3 is 0 Å². The highest BCUT2D eigenvalue weighted by Gasteiger charge is 2.22. The molecule has 1 aliphatic rings. The molecule has 0 radical (unpaired) electrons. The molecule has 0 fully saturated rings. The summed E-state index contributed by atoms with van der Waals surface area (Å²) in [4.78, 5) is 27.7. The predicted octanol–water partition coefficient (Wildman–Crippen LogP) is 3.28. The summed E-state index contributed by atoms with van der Waals surface area (Å²) >= 11 is 6.61. The summed E-state index contributed by atoms with van der Waals surface area (Å²) in [6, 6.07) is 3.94. The number of fused-ring (bicyclic) bond motifs is 1. The van der Waals surface area contributed by atoms with E-state index < -0.39 is 0 Å². The van der Waals surface area contributed by atoms with Crippen LogP contribution in [0.3, 0.4) is 0 Å². The lowest BCUT2D eigenvalue weighted by Gasteiger charge is -2.26. The maximum absolute atomic E-state index is 12.3. The quantitative estimate of drug-likeness (QED) is 0.721. The smallest absolute Gasteiger partial charge is 0.254 e. The molecule has 1 N–H and O–H groups in total. The molecular formula is C15H13BrN4OS2. The zero-order valence-electron chi connectivity index (χ0n) is 12.1. The normalized spacial score (nSPS) is 14.8. The molecule has 0 aromatic carbocycles. The highest BCUT2D eigenvalue weighted by atomic mass is 79.9. The molecule has 23 heavy (non-hydrogen) atoms. The third-order valence-electron chi connectivity index (χ3n) is 3.79. The number of thiophene rings is 1. The molecule has 0 aliphatic carbocycles. The zero-order chi connectivity index (χ0) is 15.8. The van der Waals surface area contributed by atoms with Crippen LogP contribution in [-0.4, -0.2) is 26.4 Å². The first-order chi connectivity index (χ1) is 11.2. The van der Waals surface area contributed by atoms with Gasteiger partial charge in [0, 0.05) is 24.0 Å². The number of halogens is 1. The van der Waals surface area contributed by atoms with Crippen LogP contribution in [0.25, 0.3) is 10.7 Å². The van der Waals surface area contributed by atoms with Crippen molar-refractivity contribution in [2.45, 2.75) is 19.5 Å². The Bertz CT molecular complexity index is 887. The molecule has 1 aliphatic heterocycles. The van der Waals surface area contributed by atoms with Gasteiger partial charge in [-0.05, 0) is 33.8 Å². The van der Waals surface area contributed by atoms with E-state index in [4.69, 9.17) is 4.98 Å². The summed E-state index contributed by atoms with van der Waals surface area (Å²) in [5.74, 6) is 0.669. The van der Waals surface area contributed by atoms with Gasteiger partial charge in [-0.3, -0.25) is 9.69 Å². The maximum atomic E-state index is 12.3. The number of thiazole rings is 1. The van der Waals surface area contributed by atoms with Gasteiger partial charge in [-0.25, -0.2) is 9.97 Å². The molecule has 3 aromatic rings. The standard InChI is InChI=1S/C15H13BrN4OS2/c16-12-8-23-13(18-12)7-20-4-3-9-10(6-20)17-14(19-15(9)21)11-2-1-5-22-11/h1-2,5,8H,3-4,6-7H2,(H,17,19,21). The fourth-order valence-electron chi connectivity index (χ4n) is 2.71. The Morgan fingerprint density at radius 2 is 2.26 bits per heavy atom. The van der Waals surface area contributed by atoms with Crippen LogP contribution in [0.4, 0.5) is 0 Å². The largest absolute Gasteiger partial charge is 0.306 e. The van der Waals surface area contributed by atoms with Gasteiger partial charge in [0.2, 0.25) is 0 Å². The molecular weight excluding hydrogens is 396 g/mol. The van der Waals surface area contributed by atoms with E-state index in [1.165, 1.54) is 0 Å². The molecule has 4 heterocycles. The van der Waals surface area contributed by atoms with Crippen LogP contribution in [0, 0.1) is 0 Å². The Kier molecular flexibility index (Phi) is 4.14. The molecule has 5 nitrogen and oxygen atoms in total. The highest BCUT2D eigenvalue weighted by molar-refractivity contribution is 9.10. The van der Waals surface area contributed by atoms with Crippen LogP contribution >= 0.6 is 38.6 Å². The third kappa shape index (κ3) is 3.16. The topological polar surface area (TPSA) is 61.9 Å². The minimum absolute atomic E-state index is 0.00459. The Balaban J connectivity index is 1.61. The van der Waals surface area contributed by atoms with Gasteiger partial charge in [0.05, 0.1) is 17.1 Å². The Morgan fingerprint density at radius 1 is 1.35 bits per heavy atom. The molecule has 4 rings (SSSR count). The second-order valence-corrected chi connectivity index (χ2v) is 8.04. The second kappa shape index (κ2) is 6.27. The molecule has 0 saturated heterocycles. The van der Waals surface area contributed by atoms with Gasteiger partial charge in [-0.15, -0.1) is 22.7 Å². The van der Waals surface area contributed by atoms with Gasteiger partial charge in [-0.2, -0.15) is 0 Å². The Morgan fingerprint density at radius 3 is 3.00 bits per heavy atom. The van der Waals surface area contributed by atoms with E-state index in [0.29, 0.717) is 12.4 Å². The lowest BCUT2D eigenvalue weighted by molar-refractivity contribution is 0.240. The summed E-state index contributed by atoms with van der Waals surface area (Å²) in [6.07, 6.45) is 0.731. The van der Waals surface area contributed by atoms with Crippen LogP contribution in [0.15, 0.2) is 32.3 Å². The first-order valence-corrected chi connectivity index (χ1v) is 9.72. The SMILES string of the molecule is O=c1[nH]c(-c2cccs2)nc2c1CCN(Cc1nc(Br)cs1)C2. The van der Waals surface area contributed by atoms with E-state index in [9.17, 15) is 4.79 Å². The van der Waals surface area contributed by atoms with Crippen LogP contribution in [0.5, 0.6) is 0 Å². The molecule has 0 unspecified atom stereocenters. The van der Waals surface area contributed by atoms with E-state index >= 15 is 0 Å². The summed E-state index contributed by atoms with van der Waals surface area (Å²) in [6.45, 7) is 2.33. The maximum Gasteiger partial charge on any atom is 0.254 e. The number of nitrogens with zero attached hydrogens (tertiary/aromatic N) is 3. The van der Waals surface area contributed by atoms with Gasteiger partial charge in [-0.1, -0.05) is 6.07 Å². The van der Waals surface area contributed by atoms with Gasteiger partial charge in [0.25, 0.3) is 5.56 Å².